The lowest BCUT2D eigenvalue weighted by molar-refractivity contribution is -0.132. The van der Waals surface area contributed by atoms with Gasteiger partial charge in [0.2, 0.25) is 5.91 Å². The van der Waals surface area contributed by atoms with Crippen molar-refractivity contribution in [2.45, 2.75) is 44.9 Å². The molecule has 98 valence electrons. The van der Waals surface area contributed by atoms with Gasteiger partial charge in [-0.1, -0.05) is 43.2 Å². The summed E-state index contributed by atoms with van der Waals surface area (Å²) in [6.07, 6.45) is 4.23. The van der Waals surface area contributed by atoms with Crippen LogP contribution in [0.4, 0.5) is 0 Å². The van der Waals surface area contributed by atoms with Crippen molar-refractivity contribution in [3.8, 4) is 0 Å². The quantitative estimate of drug-likeness (QED) is 0.779. The average Bonchev–Trinajstić information content (AvgIpc) is 3.17. The van der Waals surface area contributed by atoms with Crippen LogP contribution in [0.15, 0.2) is 24.3 Å². The summed E-state index contributed by atoms with van der Waals surface area (Å²) in [6.45, 7) is 5.12. The summed E-state index contributed by atoms with van der Waals surface area (Å²) in [7, 11) is 1.94. The monoisotopic (exact) mass is 245 g/mol. The van der Waals surface area contributed by atoms with E-state index < -0.39 is 0 Å². The van der Waals surface area contributed by atoms with Crippen LogP contribution >= 0.6 is 0 Å². The number of rotatable bonds is 5. The van der Waals surface area contributed by atoms with Crippen LogP contribution < -0.4 is 0 Å². The SMILES string of the molecule is CCCCN(C)C(=O)C1(c2ccc(C)cc2)CC1. The predicted octanol–water partition coefficient (Wildman–Crippen LogP) is 3.29. The highest BCUT2D eigenvalue weighted by atomic mass is 16.2. The minimum atomic E-state index is -0.198. The first-order valence-corrected chi connectivity index (χ1v) is 6.93. The van der Waals surface area contributed by atoms with Crippen LogP contribution in [0.5, 0.6) is 0 Å². The van der Waals surface area contributed by atoms with E-state index in [1.807, 2.05) is 11.9 Å². The second-order valence-corrected chi connectivity index (χ2v) is 5.53. The number of benzene rings is 1. The van der Waals surface area contributed by atoms with Gasteiger partial charge in [0.15, 0.2) is 0 Å². The van der Waals surface area contributed by atoms with Gasteiger partial charge in [0.05, 0.1) is 5.41 Å². The Labute approximate surface area is 110 Å². The maximum Gasteiger partial charge on any atom is 0.232 e. The number of aryl methyl sites for hydroxylation is 1. The van der Waals surface area contributed by atoms with Crippen LogP contribution in [-0.2, 0) is 10.2 Å². The highest BCUT2D eigenvalue weighted by Crippen LogP contribution is 2.49. The zero-order chi connectivity index (χ0) is 13.2. The molecule has 0 bridgehead atoms. The molecule has 0 N–H and O–H groups in total. The molecular formula is C16H23NO. The largest absolute Gasteiger partial charge is 0.345 e. The molecule has 0 saturated heterocycles. The van der Waals surface area contributed by atoms with E-state index in [1.165, 1.54) is 11.1 Å². The zero-order valence-corrected chi connectivity index (χ0v) is 11.7. The third-order valence-electron chi connectivity index (χ3n) is 3.96. The van der Waals surface area contributed by atoms with Crippen molar-refractivity contribution in [2.75, 3.05) is 13.6 Å². The van der Waals surface area contributed by atoms with Crippen LogP contribution in [0.2, 0.25) is 0 Å². The minimum absolute atomic E-state index is 0.198. The second kappa shape index (κ2) is 5.13. The molecule has 18 heavy (non-hydrogen) atoms. The lowest BCUT2D eigenvalue weighted by Gasteiger charge is -2.23. The van der Waals surface area contributed by atoms with Gasteiger partial charge in [0.1, 0.15) is 0 Å². The summed E-state index contributed by atoms with van der Waals surface area (Å²) in [5.74, 6) is 0.305. The predicted molar refractivity (Wildman–Crippen MR) is 74.6 cm³/mol. The molecule has 2 heteroatoms. The first-order chi connectivity index (χ1) is 8.60. The lowest BCUT2D eigenvalue weighted by atomic mass is 9.93. The smallest absolute Gasteiger partial charge is 0.232 e. The van der Waals surface area contributed by atoms with Gasteiger partial charge in [0, 0.05) is 13.6 Å². The normalized spacial score (nSPS) is 16.4. The van der Waals surface area contributed by atoms with Gasteiger partial charge in [-0.3, -0.25) is 4.79 Å². The van der Waals surface area contributed by atoms with Crippen molar-refractivity contribution in [1.29, 1.82) is 0 Å². The first kappa shape index (κ1) is 13.1. The number of hydrogen-bond donors (Lipinski definition) is 0. The fourth-order valence-electron chi connectivity index (χ4n) is 2.49. The van der Waals surface area contributed by atoms with Gasteiger partial charge in [0.25, 0.3) is 0 Å². The van der Waals surface area contributed by atoms with Crippen molar-refractivity contribution in [2.24, 2.45) is 0 Å². The molecule has 0 spiro atoms. The van der Waals surface area contributed by atoms with E-state index >= 15 is 0 Å². The van der Waals surface area contributed by atoms with Crippen LogP contribution in [0.1, 0.15) is 43.7 Å². The third-order valence-corrected chi connectivity index (χ3v) is 3.96. The standard InChI is InChI=1S/C16H23NO/c1-4-5-12-17(3)15(18)16(10-11-16)14-8-6-13(2)7-9-14/h6-9H,4-5,10-12H2,1-3H3. The van der Waals surface area contributed by atoms with Crippen LogP contribution in [0.25, 0.3) is 0 Å². The van der Waals surface area contributed by atoms with Crippen molar-refractivity contribution < 1.29 is 4.79 Å². The third kappa shape index (κ3) is 2.43. The molecule has 1 aromatic carbocycles. The van der Waals surface area contributed by atoms with Crippen molar-refractivity contribution in [1.82, 2.24) is 4.90 Å². The molecule has 0 aliphatic heterocycles. The number of amides is 1. The number of hydrogen-bond acceptors (Lipinski definition) is 1. The highest BCUT2D eigenvalue weighted by molar-refractivity contribution is 5.91. The molecule has 1 saturated carbocycles. The van der Waals surface area contributed by atoms with E-state index in [0.29, 0.717) is 5.91 Å². The van der Waals surface area contributed by atoms with Crippen LogP contribution in [0.3, 0.4) is 0 Å². The number of unbranched alkanes of at least 4 members (excludes halogenated alkanes) is 1. The van der Waals surface area contributed by atoms with Crippen molar-refractivity contribution >= 4 is 5.91 Å². The molecule has 2 nitrogen and oxygen atoms in total. The summed E-state index contributed by atoms with van der Waals surface area (Å²) >= 11 is 0. The fraction of sp³-hybridized carbons (Fsp3) is 0.562. The summed E-state index contributed by atoms with van der Waals surface area (Å²) in [5.41, 5.74) is 2.25. The number of carbonyl (C=O) groups is 1. The van der Waals surface area contributed by atoms with Gasteiger partial charge in [-0.2, -0.15) is 0 Å². The number of nitrogens with zero attached hydrogens (tertiary/aromatic N) is 1. The highest BCUT2D eigenvalue weighted by Gasteiger charge is 2.52. The maximum absolute atomic E-state index is 12.5. The van der Waals surface area contributed by atoms with Gasteiger partial charge in [-0.15, -0.1) is 0 Å². The minimum Gasteiger partial charge on any atom is -0.345 e. The van der Waals surface area contributed by atoms with Gasteiger partial charge >= 0.3 is 0 Å². The van der Waals surface area contributed by atoms with E-state index in [2.05, 4.69) is 38.1 Å². The lowest BCUT2D eigenvalue weighted by Crippen LogP contribution is -2.37. The Morgan fingerprint density at radius 2 is 1.89 bits per heavy atom. The van der Waals surface area contributed by atoms with Crippen LogP contribution in [-0.4, -0.2) is 24.4 Å². The summed E-state index contributed by atoms with van der Waals surface area (Å²) in [4.78, 5) is 14.5. The molecule has 1 aromatic rings. The molecule has 2 rings (SSSR count). The topological polar surface area (TPSA) is 20.3 Å². The van der Waals surface area contributed by atoms with Crippen LogP contribution in [0, 0.1) is 6.92 Å². The van der Waals surface area contributed by atoms with E-state index in [0.717, 1.165) is 32.2 Å². The molecule has 0 atom stereocenters. The molecular weight excluding hydrogens is 222 g/mol. The van der Waals surface area contributed by atoms with E-state index in [1.54, 1.807) is 0 Å². The Morgan fingerprint density at radius 3 is 2.39 bits per heavy atom. The Hall–Kier alpha value is -1.31. The van der Waals surface area contributed by atoms with E-state index in [4.69, 9.17) is 0 Å². The Morgan fingerprint density at radius 1 is 1.28 bits per heavy atom. The molecule has 0 radical (unpaired) electrons. The molecule has 0 aromatic heterocycles. The summed E-state index contributed by atoms with van der Waals surface area (Å²) in [6, 6.07) is 8.45. The Balaban J connectivity index is 2.11. The van der Waals surface area contributed by atoms with Gasteiger partial charge in [-0.05, 0) is 31.7 Å². The Bertz CT molecular complexity index is 417. The van der Waals surface area contributed by atoms with Gasteiger partial charge in [-0.25, -0.2) is 0 Å². The van der Waals surface area contributed by atoms with Crippen molar-refractivity contribution in [3.63, 3.8) is 0 Å². The molecule has 1 aliphatic rings. The summed E-state index contributed by atoms with van der Waals surface area (Å²) in [5, 5.41) is 0. The number of carbonyl (C=O) groups excluding carboxylic acids is 1. The zero-order valence-electron chi connectivity index (χ0n) is 11.7. The molecule has 1 amide bonds. The van der Waals surface area contributed by atoms with Crippen molar-refractivity contribution in [3.05, 3.63) is 35.4 Å². The fourth-order valence-corrected chi connectivity index (χ4v) is 2.49. The number of likely N-dealkylation sites (N-methyl/N-ethyl adjacent to an activating group) is 1. The van der Waals surface area contributed by atoms with E-state index in [9.17, 15) is 4.79 Å². The first-order valence-electron chi connectivity index (χ1n) is 6.93. The maximum atomic E-state index is 12.5. The molecule has 0 unspecified atom stereocenters. The summed E-state index contributed by atoms with van der Waals surface area (Å²) < 4.78 is 0. The second-order valence-electron chi connectivity index (χ2n) is 5.53. The molecule has 1 fully saturated rings. The molecule has 0 heterocycles. The average molecular weight is 245 g/mol. The van der Waals surface area contributed by atoms with E-state index in [-0.39, 0.29) is 5.41 Å². The van der Waals surface area contributed by atoms with Gasteiger partial charge < -0.3 is 4.90 Å². The molecule has 1 aliphatic carbocycles. The Kier molecular flexibility index (Phi) is 3.74.